The van der Waals surface area contributed by atoms with E-state index in [1.54, 1.807) is 5.38 Å². The van der Waals surface area contributed by atoms with Crippen molar-refractivity contribution in [1.82, 2.24) is 25.8 Å². The molecule has 2 aromatic heterocycles. The summed E-state index contributed by atoms with van der Waals surface area (Å²) in [4.78, 5) is 77.4. The molecule has 2 aromatic carbocycles. The van der Waals surface area contributed by atoms with Gasteiger partial charge in [0.2, 0.25) is 17.7 Å². The van der Waals surface area contributed by atoms with Crippen LogP contribution in [0, 0.1) is 11.6 Å². The van der Waals surface area contributed by atoms with E-state index in [-0.39, 0.29) is 35.7 Å². The summed E-state index contributed by atoms with van der Waals surface area (Å²) < 4.78 is 67.8. The first-order valence-electron chi connectivity index (χ1n) is 16.3. The summed E-state index contributed by atoms with van der Waals surface area (Å²) >= 11 is 2.07. The van der Waals surface area contributed by atoms with E-state index < -0.39 is 72.2 Å². The molecule has 4 heterocycles. The van der Waals surface area contributed by atoms with Gasteiger partial charge in [-0.05, 0) is 74.0 Å². The highest BCUT2D eigenvalue weighted by Gasteiger charge is 2.50. The number of aromatic nitrogens is 1. The predicted molar refractivity (Wildman–Crippen MR) is 187 cm³/mol. The first kappa shape index (κ1) is 38.5. The maximum atomic E-state index is 14.3. The molecule has 6 rings (SSSR count). The van der Waals surface area contributed by atoms with Crippen molar-refractivity contribution >= 4 is 64.0 Å². The number of carbonyl (C=O) groups is 4. The zero-order valence-corrected chi connectivity index (χ0v) is 30.1. The Morgan fingerprint density at radius 3 is 2.58 bits per heavy atom. The highest BCUT2D eigenvalue weighted by molar-refractivity contribution is 7.52. The SMILES string of the molecule is NC(=O)CC[C@H](NC(=O)[C@@H]1CC[C@@H]2CCNC[C@H](NC(=O)c3cc4cc(C(F)(F)P(=O)(O)O)ccc4s3)C(=O)N21)c1nc(-c2ccc(F)c(F)c2)cs1. The molecule has 282 valence electrons. The van der Waals surface area contributed by atoms with Crippen molar-refractivity contribution in [2.45, 2.75) is 61.9 Å². The minimum atomic E-state index is -5.82. The molecular weight excluding hydrogens is 763 g/mol. The number of alkyl halides is 2. The second-order valence-electron chi connectivity index (χ2n) is 12.7. The lowest BCUT2D eigenvalue weighted by atomic mass is 10.1. The van der Waals surface area contributed by atoms with Gasteiger partial charge in [0.1, 0.15) is 17.1 Å². The Hall–Kier alpha value is -4.26. The van der Waals surface area contributed by atoms with E-state index in [1.165, 1.54) is 23.1 Å². The van der Waals surface area contributed by atoms with E-state index in [0.717, 1.165) is 46.9 Å². The van der Waals surface area contributed by atoms with Crippen molar-refractivity contribution in [2.75, 3.05) is 13.1 Å². The van der Waals surface area contributed by atoms with Gasteiger partial charge < -0.3 is 36.4 Å². The van der Waals surface area contributed by atoms with Crippen LogP contribution in [0.25, 0.3) is 21.3 Å². The molecular formula is C33H33F4N6O7PS2. The number of primary amides is 1. The van der Waals surface area contributed by atoms with Crippen LogP contribution >= 0.6 is 30.3 Å². The van der Waals surface area contributed by atoms with Crippen LogP contribution in [-0.2, 0) is 24.6 Å². The largest absolute Gasteiger partial charge is 0.399 e. The van der Waals surface area contributed by atoms with Crippen LogP contribution in [0.1, 0.15) is 58.4 Å². The Balaban J connectivity index is 1.19. The smallest absolute Gasteiger partial charge is 0.370 e. The third-order valence-corrected chi connectivity index (χ3v) is 12.2. The van der Waals surface area contributed by atoms with Gasteiger partial charge in [0.05, 0.1) is 16.6 Å². The van der Waals surface area contributed by atoms with Gasteiger partial charge in [-0.25, -0.2) is 13.8 Å². The summed E-state index contributed by atoms with van der Waals surface area (Å²) in [6.07, 6.45) is 1.30. The maximum Gasteiger partial charge on any atom is 0.399 e. The Labute approximate surface area is 307 Å². The average Bonchev–Trinajstić information content (AvgIpc) is 3.86. The van der Waals surface area contributed by atoms with Crippen LogP contribution in [0.4, 0.5) is 17.6 Å². The molecule has 4 amide bonds. The van der Waals surface area contributed by atoms with E-state index in [0.29, 0.717) is 46.8 Å². The van der Waals surface area contributed by atoms with Gasteiger partial charge in [-0.2, -0.15) is 8.78 Å². The Morgan fingerprint density at radius 2 is 1.87 bits per heavy atom. The van der Waals surface area contributed by atoms with Gasteiger partial charge in [-0.1, -0.05) is 6.07 Å². The van der Waals surface area contributed by atoms with Gasteiger partial charge in [-0.15, -0.1) is 22.7 Å². The first-order valence-corrected chi connectivity index (χ1v) is 19.6. The molecule has 0 unspecified atom stereocenters. The summed E-state index contributed by atoms with van der Waals surface area (Å²) in [5.74, 6) is -4.44. The topological polar surface area (TPSA) is 204 Å². The lowest BCUT2D eigenvalue weighted by molar-refractivity contribution is -0.142. The van der Waals surface area contributed by atoms with Crippen molar-refractivity contribution < 1.29 is 51.1 Å². The number of carbonyl (C=O) groups excluding carboxylic acids is 4. The average molecular weight is 797 g/mol. The number of amides is 4. The van der Waals surface area contributed by atoms with Gasteiger partial charge >= 0.3 is 13.3 Å². The summed E-state index contributed by atoms with van der Waals surface area (Å²) in [6.45, 7) is 0.500. The van der Waals surface area contributed by atoms with Crippen LogP contribution < -0.4 is 21.7 Å². The van der Waals surface area contributed by atoms with Crippen LogP contribution in [-0.4, -0.2) is 74.5 Å². The lowest BCUT2D eigenvalue weighted by Gasteiger charge is -2.35. The number of nitrogens with zero attached hydrogens (tertiary/aromatic N) is 2. The number of fused-ring (bicyclic) bond motifs is 2. The molecule has 53 heavy (non-hydrogen) atoms. The number of thiazole rings is 1. The zero-order valence-electron chi connectivity index (χ0n) is 27.6. The third kappa shape index (κ3) is 8.14. The quantitative estimate of drug-likeness (QED) is 0.0954. The molecule has 4 atom stereocenters. The standard InChI is InChI=1S/C33H33F4N6O7PS2/c34-20-4-1-16(12-21(20)35)24-15-52-31(42-24)22(5-8-28(38)44)40-29(45)25-6-3-19-9-10-39-14-23(32(47)43(19)25)41-30(46)27-13-17-11-18(2-7-26(17)53-27)33(36,37)51(48,49)50/h1-2,4,7,11-13,15,19,22-23,25,39H,3,5-6,8-10,14H2,(H2,38,44)(H,40,45)(H,41,46)(H2,48,49,50)/t19-,22+,23+,25+/m1/s1. The molecule has 13 nitrogen and oxygen atoms in total. The molecule has 0 radical (unpaired) electrons. The highest BCUT2D eigenvalue weighted by atomic mass is 32.1. The number of hydrogen-bond acceptors (Lipinski definition) is 9. The molecule has 2 aliphatic heterocycles. The van der Waals surface area contributed by atoms with E-state index in [1.807, 2.05) is 0 Å². The van der Waals surface area contributed by atoms with Gasteiger partial charge in [-0.3, -0.25) is 23.7 Å². The highest BCUT2D eigenvalue weighted by Crippen LogP contribution is 2.59. The van der Waals surface area contributed by atoms with Gasteiger partial charge in [0.25, 0.3) is 5.91 Å². The van der Waals surface area contributed by atoms with Gasteiger partial charge in [0, 0.05) is 40.2 Å². The fraction of sp³-hybridized carbons (Fsp3) is 0.364. The van der Waals surface area contributed by atoms with Crippen LogP contribution in [0.15, 0.2) is 47.8 Å². The van der Waals surface area contributed by atoms with Gasteiger partial charge in [0.15, 0.2) is 11.6 Å². The van der Waals surface area contributed by atoms with E-state index in [4.69, 9.17) is 15.5 Å². The van der Waals surface area contributed by atoms with E-state index in [9.17, 15) is 41.3 Å². The van der Waals surface area contributed by atoms with Crippen molar-refractivity contribution in [1.29, 1.82) is 0 Å². The number of halogens is 4. The summed E-state index contributed by atoms with van der Waals surface area (Å²) in [6, 6.07) is 4.39. The molecule has 7 N–H and O–H groups in total. The van der Waals surface area contributed by atoms with Crippen LogP contribution in [0.5, 0.6) is 0 Å². The van der Waals surface area contributed by atoms with E-state index >= 15 is 0 Å². The van der Waals surface area contributed by atoms with Crippen molar-refractivity contribution in [3.05, 3.63) is 74.9 Å². The minimum Gasteiger partial charge on any atom is -0.370 e. The molecule has 0 bridgehead atoms. The molecule has 20 heteroatoms. The number of rotatable bonds is 11. The van der Waals surface area contributed by atoms with Crippen molar-refractivity contribution in [2.24, 2.45) is 5.73 Å². The number of benzene rings is 2. The minimum absolute atomic E-state index is 0.0266. The monoisotopic (exact) mass is 796 g/mol. The second-order valence-corrected chi connectivity index (χ2v) is 16.3. The Morgan fingerprint density at radius 1 is 1.09 bits per heavy atom. The Bertz CT molecular complexity index is 2130. The number of nitrogens with one attached hydrogen (secondary N) is 3. The lowest BCUT2D eigenvalue weighted by Crippen LogP contribution is -2.60. The van der Waals surface area contributed by atoms with Crippen molar-refractivity contribution in [3.63, 3.8) is 0 Å². The number of nitrogens with two attached hydrogens (primary N) is 1. The fourth-order valence-electron chi connectivity index (χ4n) is 6.44. The molecule has 0 aliphatic carbocycles. The van der Waals surface area contributed by atoms with Crippen molar-refractivity contribution in [3.8, 4) is 11.3 Å². The third-order valence-electron chi connectivity index (χ3n) is 9.15. The molecule has 0 saturated carbocycles. The second kappa shape index (κ2) is 15.2. The zero-order chi connectivity index (χ0) is 38.2. The maximum absolute atomic E-state index is 14.3. The predicted octanol–water partition coefficient (Wildman–Crippen LogP) is 4.10. The fourth-order valence-corrected chi connectivity index (χ4v) is 8.77. The number of hydrogen-bond donors (Lipinski definition) is 6. The molecule has 0 spiro atoms. The van der Waals surface area contributed by atoms with Crippen LogP contribution in [0.2, 0.25) is 0 Å². The molecule has 4 aromatic rings. The summed E-state index contributed by atoms with van der Waals surface area (Å²) in [7, 11) is -5.82. The van der Waals surface area contributed by atoms with Crippen LogP contribution in [0.3, 0.4) is 0 Å². The first-order chi connectivity index (χ1) is 25.0. The number of thiophene rings is 1. The molecule has 2 saturated heterocycles. The Kier molecular flexibility index (Phi) is 11.1. The molecule has 2 fully saturated rings. The normalized spacial score (nSPS) is 20.1. The summed E-state index contributed by atoms with van der Waals surface area (Å²) in [5.41, 5.74) is 0.677. The summed E-state index contributed by atoms with van der Waals surface area (Å²) in [5, 5.41) is 10.8. The van der Waals surface area contributed by atoms with E-state index in [2.05, 4.69) is 20.9 Å². The molecule has 2 aliphatic rings.